The van der Waals surface area contributed by atoms with Gasteiger partial charge in [0.05, 0.1) is 4.75 Å². The van der Waals surface area contributed by atoms with Crippen molar-refractivity contribution in [2.24, 2.45) is 5.92 Å². The second-order valence-electron chi connectivity index (χ2n) is 6.69. The Balaban J connectivity index is 1.30. The number of carbonyl (C=O) groups excluding carboxylic acids is 1. The molecule has 1 unspecified atom stereocenters. The number of rotatable bonds is 3. The van der Waals surface area contributed by atoms with Gasteiger partial charge in [-0.15, -0.1) is 11.8 Å². The topological polar surface area (TPSA) is 42.4 Å². The zero-order chi connectivity index (χ0) is 16.0. The lowest BCUT2D eigenvalue weighted by Gasteiger charge is -2.49. The molecular formula is C16H18F2N2O2S. The molecule has 4 rings (SSSR count). The van der Waals surface area contributed by atoms with Crippen LogP contribution < -0.4 is 4.74 Å². The third kappa shape index (κ3) is 2.79. The van der Waals surface area contributed by atoms with Crippen molar-refractivity contribution in [2.75, 3.05) is 18.8 Å². The van der Waals surface area contributed by atoms with E-state index < -0.39 is 12.0 Å². The number of likely N-dealkylation sites (tertiary alicyclic amines) is 1. The molecule has 1 spiro atoms. The SMILES string of the molecule is O=C(C1CC(F)C1)N1CC2(CC(Oc3ncccc3F)CS2)C1. The van der Waals surface area contributed by atoms with Crippen molar-refractivity contribution in [3.05, 3.63) is 24.1 Å². The number of thioether (sulfide) groups is 1. The Hall–Kier alpha value is -1.37. The van der Waals surface area contributed by atoms with Crippen molar-refractivity contribution in [1.29, 1.82) is 0 Å². The number of aromatic nitrogens is 1. The number of ether oxygens (including phenoxy) is 1. The van der Waals surface area contributed by atoms with Crippen molar-refractivity contribution in [3.8, 4) is 5.88 Å². The smallest absolute Gasteiger partial charge is 0.250 e. The normalized spacial score (nSPS) is 31.6. The summed E-state index contributed by atoms with van der Waals surface area (Å²) in [4.78, 5) is 17.9. The van der Waals surface area contributed by atoms with Crippen molar-refractivity contribution in [2.45, 2.75) is 36.3 Å². The summed E-state index contributed by atoms with van der Waals surface area (Å²) in [7, 11) is 0. The van der Waals surface area contributed by atoms with Crippen LogP contribution in [0.25, 0.3) is 0 Å². The summed E-state index contributed by atoms with van der Waals surface area (Å²) < 4.78 is 32.1. The van der Waals surface area contributed by atoms with E-state index in [0.29, 0.717) is 25.9 Å². The van der Waals surface area contributed by atoms with Gasteiger partial charge in [-0.3, -0.25) is 4.79 Å². The molecule has 1 aromatic heterocycles. The predicted octanol–water partition coefficient (Wildman–Crippen LogP) is 2.43. The Morgan fingerprint density at radius 2 is 2.22 bits per heavy atom. The van der Waals surface area contributed by atoms with Crippen LogP contribution in [0.5, 0.6) is 5.88 Å². The van der Waals surface area contributed by atoms with Crippen LogP contribution >= 0.6 is 11.8 Å². The minimum atomic E-state index is -0.800. The highest BCUT2D eigenvalue weighted by atomic mass is 32.2. The molecule has 3 heterocycles. The molecule has 0 aromatic carbocycles. The highest BCUT2D eigenvalue weighted by Gasteiger charge is 2.53. The van der Waals surface area contributed by atoms with Crippen molar-refractivity contribution >= 4 is 17.7 Å². The van der Waals surface area contributed by atoms with Crippen LogP contribution in [0.1, 0.15) is 19.3 Å². The molecule has 1 atom stereocenters. The molecule has 3 fully saturated rings. The summed E-state index contributed by atoms with van der Waals surface area (Å²) in [5.74, 6) is 0.336. The zero-order valence-corrected chi connectivity index (χ0v) is 13.4. The van der Waals surface area contributed by atoms with Gasteiger partial charge < -0.3 is 9.64 Å². The Morgan fingerprint density at radius 3 is 2.91 bits per heavy atom. The average molecular weight is 340 g/mol. The fourth-order valence-corrected chi connectivity index (χ4v) is 5.05. The third-order valence-electron chi connectivity index (χ3n) is 4.88. The number of pyridine rings is 1. The maximum Gasteiger partial charge on any atom is 0.250 e. The van der Waals surface area contributed by atoms with Gasteiger partial charge in [-0.2, -0.15) is 0 Å². The molecule has 23 heavy (non-hydrogen) atoms. The van der Waals surface area contributed by atoms with Gasteiger partial charge in [0.2, 0.25) is 5.91 Å². The quantitative estimate of drug-likeness (QED) is 0.848. The van der Waals surface area contributed by atoms with Gasteiger partial charge in [0.1, 0.15) is 12.3 Å². The van der Waals surface area contributed by atoms with Crippen LogP contribution in [0, 0.1) is 11.7 Å². The zero-order valence-electron chi connectivity index (χ0n) is 12.6. The van der Waals surface area contributed by atoms with Gasteiger partial charge in [-0.05, 0) is 25.0 Å². The van der Waals surface area contributed by atoms with E-state index in [9.17, 15) is 13.6 Å². The summed E-state index contributed by atoms with van der Waals surface area (Å²) in [6, 6.07) is 2.87. The van der Waals surface area contributed by atoms with Gasteiger partial charge >= 0.3 is 0 Å². The number of nitrogens with zero attached hydrogens (tertiary/aromatic N) is 2. The highest BCUT2D eigenvalue weighted by molar-refractivity contribution is 8.01. The predicted molar refractivity (Wildman–Crippen MR) is 82.6 cm³/mol. The van der Waals surface area contributed by atoms with Crippen LogP contribution in [0.4, 0.5) is 8.78 Å². The van der Waals surface area contributed by atoms with Crippen LogP contribution in [-0.4, -0.2) is 51.7 Å². The summed E-state index contributed by atoms with van der Waals surface area (Å²) in [5.41, 5.74) is 0. The van der Waals surface area contributed by atoms with Gasteiger partial charge in [0.15, 0.2) is 5.82 Å². The monoisotopic (exact) mass is 340 g/mol. The molecule has 1 aromatic rings. The molecule has 2 saturated heterocycles. The Labute approximate surface area is 137 Å². The summed E-state index contributed by atoms with van der Waals surface area (Å²) in [6.07, 6.45) is 2.16. The van der Waals surface area contributed by atoms with E-state index in [4.69, 9.17) is 4.74 Å². The van der Waals surface area contributed by atoms with E-state index in [1.54, 1.807) is 11.8 Å². The van der Waals surface area contributed by atoms with Gasteiger partial charge in [-0.25, -0.2) is 13.8 Å². The van der Waals surface area contributed by atoms with Crippen molar-refractivity contribution < 1.29 is 18.3 Å². The van der Waals surface area contributed by atoms with Crippen LogP contribution in [0.15, 0.2) is 18.3 Å². The summed E-state index contributed by atoms with van der Waals surface area (Å²) >= 11 is 1.78. The molecule has 7 heteroatoms. The molecule has 0 N–H and O–H groups in total. The number of halogens is 2. The molecule has 124 valence electrons. The fraction of sp³-hybridized carbons (Fsp3) is 0.625. The summed E-state index contributed by atoms with van der Waals surface area (Å²) in [5, 5.41) is 0. The Kier molecular flexibility index (Phi) is 3.70. The minimum Gasteiger partial charge on any atom is -0.471 e. The average Bonchev–Trinajstić information content (AvgIpc) is 2.88. The van der Waals surface area contributed by atoms with Crippen LogP contribution in [-0.2, 0) is 4.79 Å². The van der Waals surface area contributed by atoms with Crippen molar-refractivity contribution in [1.82, 2.24) is 9.88 Å². The molecular weight excluding hydrogens is 322 g/mol. The third-order valence-corrected chi connectivity index (χ3v) is 6.45. The fourth-order valence-electron chi connectivity index (χ4n) is 3.53. The van der Waals surface area contributed by atoms with Gasteiger partial charge in [0, 0.05) is 37.4 Å². The number of hydrogen-bond donors (Lipinski definition) is 0. The van der Waals surface area contributed by atoms with E-state index in [2.05, 4.69) is 4.98 Å². The second kappa shape index (κ2) is 5.61. The van der Waals surface area contributed by atoms with Crippen LogP contribution in [0.3, 0.4) is 0 Å². The Morgan fingerprint density at radius 1 is 1.43 bits per heavy atom. The number of carbonyl (C=O) groups is 1. The molecule has 1 amide bonds. The first-order valence-electron chi connectivity index (χ1n) is 7.89. The molecule has 0 radical (unpaired) electrons. The molecule has 4 nitrogen and oxygen atoms in total. The van der Waals surface area contributed by atoms with E-state index in [1.165, 1.54) is 18.3 Å². The van der Waals surface area contributed by atoms with Gasteiger partial charge in [-0.1, -0.05) is 0 Å². The molecule has 1 saturated carbocycles. The number of amides is 1. The Bertz CT molecular complexity index is 618. The van der Waals surface area contributed by atoms with E-state index in [0.717, 1.165) is 12.2 Å². The number of alkyl halides is 1. The van der Waals surface area contributed by atoms with E-state index >= 15 is 0 Å². The molecule has 3 aliphatic rings. The first kappa shape index (κ1) is 15.2. The molecule has 2 aliphatic heterocycles. The second-order valence-corrected chi connectivity index (χ2v) is 8.18. The first-order valence-corrected chi connectivity index (χ1v) is 8.87. The lowest BCUT2D eigenvalue weighted by molar-refractivity contribution is -0.146. The first-order chi connectivity index (χ1) is 11.0. The molecule has 0 bridgehead atoms. The number of hydrogen-bond acceptors (Lipinski definition) is 4. The summed E-state index contributed by atoms with van der Waals surface area (Å²) in [6.45, 7) is 1.38. The van der Waals surface area contributed by atoms with Crippen molar-refractivity contribution in [3.63, 3.8) is 0 Å². The standard InChI is InChI=1S/C16H18F2N2O2S/c17-11-4-10(5-11)15(21)20-8-16(9-20)6-12(7-23-16)22-14-13(18)2-1-3-19-14/h1-3,10-12H,4-9H2. The maximum atomic E-state index is 13.6. The largest absolute Gasteiger partial charge is 0.471 e. The minimum absolute atomic E-state index is 0.0183. The lowest BCUT2D eigenvalue weighted by Crippen LogP contribution is -2.62. The molecule has 1 aliphatic carbocycles. The van der Waals surface area contributed by atoms with E-state index in [-0.39, 0.29) is 28.6 Å². The van der Waals surface area contributed by atoms with Crippen LogP contribution in [0.2, 0.25) is 0 Å². The van der Waals surface area contributed by atoms with E-state index in [1.807, 2.05) is 4.90 Å². The maximum absolute atomic E-state index is 13.6. The lowest BCUT2D eigenvalue weighted by atomic mass is 9.80. The highest BCUT2D eigenvalue weighted by Crippen LogP contribution is 2.47. The van der Waals surface area contributed by atoms with Gasteiger partial charge in [0.25, 0.3) is 5.88 Å².